The molecule has 100 valence electrons. The molecule has 0 aliphatic carbocycles. The lowest BCUT2D eigenvalue weighted by atomic mass is 10.0. The van der Waals surface area contributed by atoms with Crippen molar-refractivity contribution < 1.29 is 19.0 Å². The fourth-order valence-electron chi connectivity index (χ4n) is 1.86. The van der Waals surface area contributed by atoms with Crippen molar-refractivity contribution in [3.05, 3.63) is 46.7 Å². The van der Waals surface area contributed by atoms with Crippen molar-refractivity contribution in [1.29, 1.82) is 0 Å². The molecule has 0 saturated heterocycles. The first-order chi connectivity index (χ1) is 9.05. The van der Waals surface area contributed by atoms with Gasteiger partial charge in [0.25, 0.3) is 0 Å². The average molecular weight is 281 g/mol. The lowest BCUT2D eigenvalue weighted by Crippen LogP contribution is -1.97. The molecule has 0 fully saturated rings. The fraction of sp³-hybridized carbons (Fsp3) is 0.214. The van der Waals surface area contributed by atoms with Gasteiger partial charge in [0.05, 0.1) is 19.2 Å². The molecule has 19 heavy (non-hydrogen) atoms. The number of cyclic esters (lactones) is 1. The van der Waals surface area contributed by atoms with Crippen LogP contribution in [0.5, 0.6) is 11.5 Å². The maximum Gasteiger partial charge on any atom is 0.336 e. The van der Waals surface area contributed by atoms with Crippen LogP contribution < -0.4 is 9.47 Å². The van der Waals surface area contributed by atoms with Gasteiger partial charge in [-0.15, -0.1) is 0 Å². The van der Waals surface area contributed by atoms with Crippen LogP contribution in [0.3, 0.4) is 0 Å². The van der Waals surface area contributed by atoms with Crippen LogP contribution in [0, 0.1) is 0 Å². The van der Waals surface area contributed by atoms with Crippen molar-refractivity contribution in [1.82, 2.24) is 0 Å². The number of allylic oxidation sites excluding steroid dienone is 1. The Kier molecular flexibility index (Phi) is 3.81. The normalized spacial score (nSPS) is 14.2. The molecule has 0 atom stereocenters. The Morgan fingerprint density at radius 3 is 2.47 bits per heavy atom. The van der Waals surface area contributed by atoms with E-state index in [9.17, 15) is 4.79 Å². The Balaban J connectivity index is 2.36. The fourth-order valence-corrected chi connectivity index (χ4v) is 2.09. The van der Waals surface area contributed by atoms with Gasteiger partial charge in [-0.05, 0) is 6.07 Å². The first-order valence-corrected chi connectivity index (χ1v) is 5.95. The highest BCUT2D eigenvalue weighted by atomic mass is 35.5. The second-order valence-corrected chi connectivity index (χ2v) is 4.40. The molecule has 0 amide bonds. The molecule has 0 spiro atoms. The van der Waals surface area contributed by atoms with Gasteiger partial charge in [0.2, 0.25) is 0 Å². The van der Waals surface area contributed by atoms with Gasteiger partial charge in [0.1, 0.15) is 17.3 Å². The number of carbonyl (C=O) groups excluding carboxylic acids is 1. The van der Waals surface area contributed by atoms with E-state index >= 15 is 0 Å². The number of benzene rings is 1. The molecule has 4 nitrogen and oxygen atoms in total. The number of halogens is 1. The topological polar surface area (TPSA) is 44.8 Å². The van der Waals surface area contributed by atoms with E-state index in [1.165, 1.54) is 13.2 Å². The lowest BCUT2D eigenvalue weighted by Gasteiger charge is -2.12. The first-order valence-electron chi connectivity index (χ1n) is 5.57. The molecule has 1 aliphatic heterocycles. The minimum atomic E-state index is -0.403. The molecular formula is C14H13ClO4. The molecule has 0 saturated carbocycles. The second-order valence-electron chi connectivity index (χ2n) is 3.99. The summed E-state index contributed by atoms with van der Waals surface area (Å²) in [5.41, 5.74) is 1.56. The van der Waals surface area contributed by atoms with Gasteiger partial charge in [-0.2, -0.15) is 0 Å². The predicted molar refractivity (Wildman–Crippen MR) is 71.6 cm³/mol. The summed E-state index contributed by atoms with van der Waals surface area (Å²) in [4.78, 5) is 11.1. The Morgan fingerprint density at radius 1 is 1.26 bits per heavy atom. The van der Waals surface area contributed by atoms with E-state index in [2.05, 4.69) is 6.58 Å². The zero-order chi connectivity index (χ0) is 14.0. The summed E-state index contributed by atoms with van der Waals surface area (Å²) in [6.07, 6.45) is 1.88. The maximum atomic E-state index is 11.1. The molecule has 0 aromatic heterocycles. The Labute approximate surface area is 116 Å². The van der Waals surface area contributed by atoms with Crippen molar-refractivity contribution >= 4 is 17.6 Å². The summed E-state index contributed by atoms with van der Waals surface area (Å²) in [6.45, 7) is 3.69. The van der Waals surface area contributed by atoms with Gasteiger partial charge >= 0.3 is 5.97 Å². The Morgan fingerprint density at radius 2 is 1.95 bits per heavy atom. The highest BCUT2D eigenvalue weighted by Crippen LogP contribution is 2.35. The largest absolute Gasteiger partial charge is 0.496 e. The third-order valence-corrected chi connectivity index (χ3v) is 3.11. The van der Waals surface area contributed by atoms with Crippen molar-refractivity contribution in [2.45, 2.75) is 6.42 Å². The van der Waals surface area contributed by atoms with Crippen molar-refractivity contribution in [3.63, 3.8) is 0 Å². The van der Waals surface area contributed by atoms with E-state index in [0.717, 1.165) is 5.56 Å². The molecule has 0 unspecified atom stereocenters. The van der Waals surface area contributed by atoms with Crippen LogP contribution in [0.1, 0.15) is 5.56 Å². The van der Waals surface area contributed by atoms with Gasteiger partial charge in [-0.25, -0.2) is 4.79 Å². The van der Waals surface area contributed by atoms with Crippen LogP contribution in [-0.4, -0.2) is 20.2 Å². The predicted octanol–water partition coefficient (Wildman–Crippen LogP) is 2.90. The van der Waals surface area contributed by atoms with Crippen LogP contribution >= 0.6 is 11.6 Å². The molecule has 0 bridgehead atoms. The molecular weight excluding hydrogens is 268 g/mol. The minimum absolute atomic E-state index is 0.362. The van der Waals surface area contributed by atoms with Crippen LogP contribution in [0.4, 0.5) is 0 Å². The van der Waals surface area contributed by atoms with E-state index in [4.69, 9.17) is 25.8 Å². The molecule has 0 radical (unpaired) electrons. The van der Waals surface area contributed by atoms with Crippen molar-refractivity contribution in [3.8, 4) is 11.5 Å². The molecule has 0 N–H and O–H groups in total. The standard InChI is InChI=1S/C14H13ClO4/c1-8-9(6-14(16)19-8)4-10-5-13(18-3)11(15)7-12(10)17-2/h5-7H,1,4H2,2-3H3. The Hall–Kier alpha value is -1.94. The number of esters is 1. The van der Waals surface area contributed by atoms with Gasteiger partial charge in [-0.1, -0.05) is 18.2 Å². The van der Waals surface area contributed by atoms with Gasteiger partial charge in [0.15, 0.2) is 0 Å². The molecule has 5 heteroatoms. The number of ether oxygens (including phenoxy) is 3. The average Bonchev–Trinajstić information content (AvgIpc) is 2.69. The monoisotopic (exact) mass is 280 g/mol. The summed E-state index contributed by atoms with van der Waals surface area (Å²) < 4.78 is 15.3. The zero-order valence-electron chi connectivity index (χ0n) is 10.7. The van der Waals surface area contributed by atoms with E-state index in [0.29, 0.717) is 34.3 Å². The third-order valence-electron chi connectivity index (χ3n) is 2.81. The van der Waals surface area contributed by atoms with Gasteiger partial charge in [0, 0.05) is 29.7 Å². The zero-order valence-corrected chi connectivity index (χ0v) is 11.4. The van der Waals surface area contributed by atoms with Crippen LogP contribution in [-0.2, 0) is 16.0 Å². The smallest absolute Gasteiger partial charge is 0.336 e. The highest BCUT2D eigenvalue weighted by molar-refractivity contribution is 6.32. The molecule has 1 aromatic rings. The SMILES string of the molecule is C=C1OC(=O)C=C1Cc1cc(OC)c(Cl)cc1OC. The maximum absolute atomic E-state index is 11.1. The third kappa shape index (κ3) is 2.74. The van der Waals surface area contributed by atoms with Crippen molar-refractivity contribution in [2.75, 3.05) is 14.2 Å². The van der Waals surface area contributed by atoms with Gasteiger partial charge in [-0.3, -0.25) is 0 Å². The summed E-state index contributed by atoms with van der Waals surface area (Å²) >= 11 is 6.03. The van der Waals surface area contributed by atoms with Crippen molar-refractivity contribution in [2.24, 2.45) is 0 Å². The second kappa shape index (κ2) is 5.36. The van der Waals surface area contributed by atoms with Crippen LogP contribution in [0.25, 0.3) is 0 Å². The van der Waals surface area contributed by atoms with Crippen LogP contribution in [0.2, 0.25) is 5.02 Å². The molecule has 1 heterocycles. The molecule has 1 aromatic carbocycles. The summed E-state index contributed by atoms with van der Waals surface area (Å²) in [5.74, 6) is 1.13. The van der Waals surface area contributed by atoms with Crippen LogP contribution in [0.15, 0.2) is 36.1 Å². The molecule has 1 aliphatic rings. The number of carbonyl (C=O) groups is 1. The summed E-state index contributed by atoms with van der Waals surface area (Å²) in [5, 5.41) is 0.467. The highest BCUT2D eigenvalue weighted by Gasteiger charge is 2.20. The van der Waals surface area contributed by atoms with E-state index in [1.54, 1.807) is 19.2 Å². The number of hydrogen-bond acceptors (Lipinski definition) is 4. The Bertz CT molecular complexity index is 575. The molecule has 2 rings (SSSR count). The lowest BCUT2D eigenvalue weighted by molar-refractivity contribution is -0.132. The number of methoxy groups -OCH3 is 2. The van der Waals surface area contributed by atoms with E-state index < -0.39 is 5.97 Å². The van der Waals surface area contributed by atoms with Gasteiger partial charge < -0.3 is 14.2 Å². The quantitative estimate of drug-likeness (QED) is 0.796. The summed E-state index contributed by atoms with van der Waals surface area (Å²) in [7, 11) is 3.10. The first kappa shape index (κ1) is 13.5. The van der Waals surface area contributed by atoms with E-state index in [1.807, 2.05) is 0 Å². The number of rotatable bonds is 4. The summed E-state index contributed by atoms with van der Waals surface area (Å²) in [6, 6.07) is 3.45. The van der Waals surface area contributed by atoms with E-state index in [-0.39, 0.29) is 0 Å². The minimum Gasteiger partial charge on any atom is -0.496 e. The number of hydrogen-bond donors (Lipinski definition) is 0.